The summed E-state index contributed by atoms with van der Waals surface area (Å²) in [5, 5.41) is 0. The van der Waals surface area contributed by atoms with Gasteiger partial charge in [0, 0.05) is 34.8 Å². The molecule has 0 aliphatic carbocycles. The summed E-state index contributed by atoms with van der Waals surface area (Å²) in [7, 11) is 0. The van der Waals surface area contributed by atoms with Crippen LogP contribution in [0.1, 0.15) is 12.0 Å². The molecule has 1 heterocycles. The van der Waals surface area contributed by atoms with Gasteiger partial charge in [0.1, 0.15) is 11.6 Å². The van der Waals surface area contributed by atoms with Gasteiger partial charge in [-0.1, -0.05) is 0 Å². The van der Waals surface area contributed by atoms with Crippen LogP contribution in [-0.4, -0.2) is 24.0 Å². The van der Waals surface area contributed by atoms with Crippen LogP contribution in [0.2, 0.25) is 0 Å². The highest BCUT2D eigenvalue weighted by molar-refractivity contribution is 14.1. The molecule has 1 saturated heterocycles. The highest BCUT2D eigenvalue weighted by Gasteiger charge is 2.22. The molecule has 1 aliphatic rings. The monoisotopic (exact) mass is 374 g/mol. The zero-order chi connectivity index (χ0) is 11.7. The first-order chi connectivity index (χ1) is 7.58. The number of likely N-dealkylation sites (tertiary alicyclic amines) is 1. The minimum absolute atomic E-state index is 0. The van der Waals surface area contributed by atoms with Gasteiger partial charge in [0.25, 0.3) is 0 Å². The van der Waals surface area contributed by atoms with Crippen molar-refractivity contribution >= 4 is 35.0 Å². The van der Waals surface area contributed by atoms with Crippen LogP contribution in [0.5, 0.6) is 0 Å². The Morgan fingerprint density at radius 2 is 2.12 bits per heavy atom. The lowest BCUT2D eigenvalue weighted by Crippen LogP contribution is -2.27. The SMILES string of the molecule is Cl.N[C@@H]1CCN(Cc2c(F)ccc(I)c2F)C1. The Kier molecular flexibility index (Phi) is 5.56. The van der Waals surface area contributed by atoms with E-state index in [9.17, 15) is 8.78 Å². The van der Waals surface area contributed by atoms with Gasteiger partial charge in [-0.3, -0.25) is 4.90 Å². The predicted molar refractivity (Wildman–Crippen MR) is 74.2 cm³/mol. The van der Waals surface area contributed by atoms with Crippen molar-refractivity contribution in [3.63, 3.8) is 0 Å². The number of halogens is 4. The number of rotatable bonds is 2. The normalized spacial score (nSPS) is 20.4. The molecule has 0 bridgehead atoms. The lowest BCUT2D eigenvalue weighted by Gasteiger charge is -2.16. The fourth-order valence-corrected chi connectivity index (χ4v) is 2.45. The minimum atomic E-state index is -0.474. The van der Waals surface area contributed by atoms with E-state index in [1.807, 2.05) is 27.5 Å². The van der Waals surface area contributed by atoms with E-state index in [1.54, 1.807) is 0 Å². The average Bonchev–Trinajstić information content (AvgIpc) is 2.65. The van der Waals surface area contributed by atoms with Crippen molar-refractivity contribution in [3.05, 3.63) is 32.9 Å². The summed E-state index contributed by atoms with van der Waals surface area (Å²) in [6.07, 6.45) is 0.896. The van der Waals surface area contributed by atoms with Crippen LogP contribution in [-0.2, 0) is 6.54 Å². The summed E-state index contributed by atoms with van der Waals surface area (Å²) in [6.45, 7) is 1.83. The van der Waals surface area contributed by atoms with E-state index < -0.39 is 11.6 Å². The molecule has 0 aromatic heterocycles. The van der Waals surface area contributed by atoms with E-state index in [2.05, 4.69) is 0 Å². The van der Waals surface area contributed by atoms with E-state index in [0.717, 1.165) is 13.0 Å². The smallest absolute Gasteiger partial charge is 0.143 e. The number of hydrogen-bond acceptors (Lipinski definition) is 2. The van der Waals surface area contributed by atoms with Gasteiger partial charge >= 0.3 is 0 Å². The summed E-state index contributed by atoms with van der Waals surface area (Å²) in [4.78, 5) is 1.99. The zero-order valence-electron chi connectivity index (χ0n) is 9.13. The third kappa shape index (κ3) is 3.49. The molecule has 1 atom stereocenters. The minimum Gasteiger partial charge on any atom is -0.326 e. The highest BCUT2D eigenvalue weighted by Crippen LogP contribution is 2.21. The second-order valence-corrected chi connectivity index (χ2v) is 5.27. The molecule has 96 valence electrons. The molecule has 0 amide bonds. The first-order valence-corrected chi connectivity index (χ1v) is 6.26. The third-order valence-electron chi connectivity index (χ3n) is 2.83. The van der Waals surface area contributed by atoms with Crippen molar-refractivity contribution in [1.82, 2.24) is 4.90 Å². The third-order valence-corrected chi connectivity index (χ3v) is 3.66. The van der Waals surface area contributed by atoms with E-state index in [1.165, 1.54) is 12.1 Å². The molecule has 1 aliphatic heterocycles. The van der Waals surface area contributed by atoms with Gasteiger partial charge in [0.2, 0.25) is 0 Å². The molecule has 2 N–H and O–H groups in total. The number of benzene rings is 1. The Bertz CT molecular complexity index is 403. The Hall–Kier alpha value is 0.0200. The highest BCUT2D eigenvalue weighted by atomic mass is 127. The van der Waals surface area contributed by atoms with Gasteiger partial charge in [0.05, 0.1) is 0 Å². The molecule has 0 unspecified atom stereocenters. The van der Waals surface area contributed by atoms with Gasteiger partial charge in [-0.05, 0) is 41.1 Å². The van der Waals surface area contributed by atoms with Crippen molar-refractivity contribution in [3.8, 4) is 0 Å². The molecule has 1 aromatic carbocycles. The maximum atomic E-state index is 13.7. The Morgan fingerprint density at radius 3 is 2.71 bits per heavy atom. The van der Waals surface area contributed by atoms with Crippen molar-refractivity contribution < 1.29 is 8.78 Å². The van der Waals surface area contributed by atoms with Crippen molar-refractivity contribution in [2.24, 2.45) is 5.73 Å². The first kappa shape index (κ1) is 15.1. The summed E-state index contributed by atoms with van der Waals surface area (Å²) < 4.78 is 27.6. The average molecular weight is 375 g/mol. The lowest BCUT2D eigenvalue weighted by atomic mass is 10.2. The zero-order valence-corrected chi connectivity index (χ0v) is 12.1. The quantitative estimate of drug-likeness (QED) is 0.637. The van der Waals surface area contributed by atoms with E-state index in [-0.39, 0.29) is 24.0 Å². The van der Waals surface area contributed by atoms with Crippen LogP contribution in [0.25, 0.3) is 0 Å². The molecular weight excluding hydrogens is 360 g/mol. The van der Waals surface area contributed by atoms with Crippen LogP contribution in [0.3, 0.4) is 0 Å². The number of nitrogens with zero attached hydrogens (tertiary/aromatic N) is 1. The molecule has 2 rings (SSSR count). The Balaban J connectivity index is 0.00000144. The van der Waals surface area contributed by atoms with E-state index >= 15 is 0 Å². The lowest BCUT2D eigenvalue weighted by molar-refractivity contribution is 0.314. The van der Waals surface area contributed by atoms with Crippen molar-refractivity contribution in [1.29, 1.82) is 0 Å². The summed E-state index contributed by atoms with van der Waals surface area (Å²) in [6, 6.07) is 2.90. The predicted octanol–water partition coefficient (Wildman–Crippen LogP) is 2.52. The van der Waals surface area contributed by atoms with Crippen molar-refractivity contribution in [2.75, 3.05) is 13.1 Å². The van der Waals surface area contributed by atoms with Gasteiger partial charge in [-0.15, -0.1) is 12.4 Å². The molecule has 0 spiro atoms. The Morgan fingerprint density at radius 1 is 1.41 bits per heavy atom. The maximum Gasteiger partial charge on any atom is 0.143 e. The van der Waals surface area contributed by atoms with E-state index in [0.29, 0.717) is 16.7 Å². The van der Waals surface area contributed by atoms with Crippen LogP contribution in [0, 0.1) is 15.2 Å². The molecule has 0 radical (unpaired) electrons. The second kappa shape index (κ2) is 6.26. The maximum absolute atomic E-state index is 13.7. The molecule has 17 heavy (non-hydrogen) atoms. The molecule has 0 saturated carbocycles. The second-order valence-electron chi connectivity index (χ2n) is 4.11. The topological polar surface area (TPSA) is 29.3 Å². The molecule has 6 heteroatoms. The summed E-state index contributed by atoms with van der Waals surface area (Å²) >= 11 is 1.87. The first-order valence-electron chi connectivity index (χ1n) is 5.18. The molecular formula is C11H14ClF2IN2. The Labute approximate surface area is 119 Å². The summed E-state index contributed by atoms with van der Waals surface area (Å²) in [5.74, 6) is -0.917. The van der Waals surface area contributed by atoms with Gasteiger partial charge in [-0.25, -0.2) is 8.78 Å². The fraction of sp³-hybridized carbons (Fsp3) is 0.455. The fourth-order valence-electron chi connectivity index (χ4n) is 1.94. The summed E-state index contributed by atoms with van der Waals surface area (Å²) in [5.41, 5.74) is 5.91. The van der Waals surface area contributed by atoms with Crippen LogP contribution in [0.15, 0.2) is 12.1 Å². The molecule has 1 fully saturated rings. The standard InChI is InChI=1S/C11H13F2IN2.ClH/c12-9-1-2-10(14)11(13)8(9)6-16-4-3-7(15)5-16;/h1-2,7H,3-6,15H2;1H/t7-;/m1./s1. The van der Waals surface area contributed by atoms with Crippen LogP contribution >= 0.6 is 35.0 Å². The van der Waals surface area contributed by atoms with Crippen molar-refractivity contribution in [2.45, 2.75) is 19.0 Å². The van der Waals surface area contributed by atoms with Gasteiger partial charge < -0.3 is 5.73 Å². The molecule has 1 aromatic rings. The van der Waals surface area contributed by atoms with Crippen LogP contribution in [0.4, 0.5) is 8.78 Å². The van der Waals surface area contributed by atoms with Crippen LogP contribution < -0.4 is 5.73 Å². The number of nitrogens with two attached hydrogens (primary N) is 1. The van der Waals surface area contributed by atoms with Gasteiger partial charge in [0.15, 0.2) is 0 Å². The largest absolute Gasteiger partial charge is 0.326 e. The molecule has 2 nitrogen and oxygen atoms in total. The number of hydrogen-bond donors (Lipinski definition) is 1. The van der Waals surface area contributed by atoms with E-state index in [4.69, 9.17) is 5.73 Å². The van der Waals surface area contributed by atoms with Gasteiger partial charge in [-0.2, -0.15) is 0 Å².